The number of anilines is 1. The summed E-state index contributed by atoms with van der Waals surface area (Å²) >= 11 is 0. The lowest BCUT2D eigenvalue weighted by molar-refractivity contribution is 0.109. The summed E-state index contributed by atoms with van der Waals surface area (Å²) in [6, 6.07) is 1.82. The molecule has 5 nitrogen and oxygen atoms in total. The standard InChI is InChI=1S/C11H11N3O2/c12-10-8-6-16-4-2-9(8)13-11(14-10)7-1-3-15-5-7/h1,3,5H,2,4,6H2,(H2,12,13,14). The van der Waals surface area contributed by atoms with Gasteiger partial charge in [0.05, 0.1) is 30.7 Å². The molecule has 0 spiro atoms. The monoisotopic (exact) mass is 217 g/mol. The molecular formula is C11H11N3O2. The number of furan rings is 1. The third kappa shape index (κ3) is 1.45. The van der Waals surface area contributed by atoms with E-state index in [1.807, 2.05) is 6.07 Å². The molecule has 2 N–H and O–H groups in total. The van der Waals surface area contributed by atoms with E-state index < -0.39 is 0 Å². The number of nitrogens with zero attached hydrogens (tertiary/aromatic N) is 2. The van der Waals surface area contributed by atoms with Gasteiger partial charge in [0.1, 0.15) is 12.1 Å². The largest absolute Gasteiger partial charge is 0.472 e. The fourth-order valence-electron chi connectivity index (χ4n) is 1.78. The third-order valence-corrected chi connectivity index (χ3v) is 2.63. The highest BCUT2D eigenvalue weighted by Gasteiger charge is 2.17. The minimum atomic E-state index is 0.501. The Morgan fingerprint density at radius 3 is 3.06 bits per heavy atom. The topological polar surface area (TPSA) is 74.2 Å². The molecule has 0 aliphatic carbocycles. The van der Waals surface area contributed by atoms with E-state index in [0.29, 0.717) is 24.9 Å². The van der Waals surface area contributed by atoms with Crippen molar-refractivity contribution in [2.24, 2.45) is 0 Å². The third-order valence-electron chi connectivity index (χ3n) is 2.63. The van der Waals surface area contributed by atoms with Crippen molar-refractivity contribution in [1.82, 2.24) is 9.97 Å². The molecule has 0 amide bonds. The maximum Gasteiger partial charge on any atom is 0.165 e. The minimum absolute atomic E-state index is 0.501. The number of fused-ring (bicyclic) bond motifs is 1. The first-order valence-corrected chi connectivity index (χ1v) is 5.10. The Labute approximate surface area is 92.3 Å². The van der Waals surface area contributed by atoms with E-state index in [4.69, 9.17) is 14.9 Å². The molecule has 3 heterocycles. The molecule has 3 rings (SSSR count). The molecule has 1 aliphatic heterocycles. The van der Waals surface area contributed by atoms with Gasteiger partial charge in [-0.1, -0.05) is 0 Å². The van der Waals surface area contributed by atoms with Crippen LogP contribution in [0.15, 0.2) is 23.0 Å². The molecule has 0 atom stereocenters. The van der Waals surface area contributed by atoms with E-state index in [1.165, 1.54) is 0 Å². The summed E-state index contributed by atoms with van der Waals surface area (Å²) in [6.45, 7) is 1.20. The molecule has 2 aromatic heterocycles. The van der Waals surface area contributed by atoms with Crippen molar-refractivity contribution >= 4 is 5.82 Å². The van der Waals surface area contributed by atoms with Crippen LogP contribution in [0.25, 0.3) is 11.4 Å². The van der Waals surface area contributed by atoms with Crippen LogP contribution < -0.4 is 5.73 Å². The molecule has 2 aromatic rings. The van der Waals surface area contributed by atoms with Gasteiger partial charge < -0.3 is 14.9 Å². The van der Waals surface area contributed by atoms with E-state index in [-0.39, 0.29) is 0 Å². The molecule has 82 valence electrons. The fourth-order valence-corrected chi connectivity index (χ4v) is 1.78. The number of hydrogen-bond acceptors (Lipinski definition) is 5. The number of hydrogen-bond donors (Lipinski definition) is 1. The van der Waals surface area contributed by atoms with Gasteiger partial charge in [0.25, 0.3) is 0 Å². The predicted molar refractivity (Wildman–Crippen MR) is 57.5 cm³/mol. The first-order valence-electron chi connectivity index (χ1n) is 5.10. The molecule has 0 bridgehead atoms. The number of rotatable bonds is 1. The Morgan fingerprint density at radius 2 is 2.25 bits per heavy atom. The van der Waals surface area contributed by atoms with E-state index in [2.05, 4.69) is 9.97 Å². The Balaban J connectivity index is 2.12. The molecule has 1 aliphatic rings. The number of ether oxygens (including phenoxy) is 1. The highest BCUT2D eigenvalue weighted by atomic mass is 16.5. The number of aromatic nitrogens is 2. The van der Waals surface area contributed by atoms with Gasteiger partial charge in [-0.05, 0) is 6.07 Å². The lowest BCUT2D eigenvalue weighted by Crippen LogP contribution is -2.16. The molecule has 0 saturated heterocycles. The van der Waals surface area contributed by atoms with Crippen LogP contribution >= 0.6 is 0 Å². The van der Waals surface area contributed by atoms with Crippen molar-refractivity contribution in [1.29, 1.82) is 0 Å². The van der Waals surface area contributed by atoms with E-state index in [0.717, 1.165) is 23.2 Å². The zero-order valence-corrected chi connectivity index (χ0v) is 8.64. The van der Waals surface area contributed by atoms with Gasteiger partial charge >= 0.3 is 0 Å². The van der Waals surface area contributed by atoms with Crippen LogP contribution in [0.5, 0.6) is 0 Å². The second kappa shape index (κ2) is 3.61. The fraction of sp³-hybridized carbons (Fsp3) is 0.273. The maximum absolute atomic E-state index is 5.89. The van der Waals surface area contributed by atoms with Crippen LogP contribution in [-0.2, 0) is 17.8 Å². The van der Waals surface area contributed by atoms with E-state index >= 15 is 0 Å². The van der Waals surface area contributed by atoms with Crippen molar-refractivity contribution in [3.8, 4) is 11.4 Å². The SMILES string of the molecule is Nc1nc(-c2ccoc2)nc2c1COCC2. The van der Waals surface area contributed by atoms with Crippen LogP contribution in [-0.4, -0.2) is 16.6 Å². The number of nitrogen functional groups attached to an aromatic ring is 1. The number of nitrogens with two attached hydrogens (primary N) is 1. The van der Waals surface area contributed by atoms with Gasteiger partial charge in [-0.3, -0.25) is 0 Å². The smallest absolute Gasteiger partial charge is 0.165 e. The maximum atomic E-state index is 5.89. The van der Waals surface area contributed by atoms with Gasteiger partial charge in [-0.15, -0.1) is 0 Å². The molecule has 0 fully saturated rings. The molecule has 0 unspecified atom stereocenters. The predicted octanol–water partition coefficient (Wildman–Crippen LogP) is 1.39. The van der Waals surface area contributed by atoms with Gasteiger partial charge in [-0.2, -0.15) is 0 Å². The molecular weight excluding hydrogens is 206 g/mol. The Kier molecular flexibility index (Phi) is 2.11. The molecule has 5 heteroatoms. The summed E-state index contributed by atoms with van der Waals surface area (Å²) in [7, 11) is 0. The second-order valence-electron chi connectivity index (χ2n) is 3.67. The van der Waals surface area contributed by atoms with Crippen molar-refractivity contribution in [2.45, 2.75) is 13.0 Å². The van der Waals surface area contributed by atoms with Gasteiger partial charge in [0.2, 0.25) is 0 Å². The second-order valence-corrected chi connectivity index (χ2v) is 3.67. The zero-order valence-electron chi connectivity index (χ0n) is 8.64. The summed E-state index contributed by atoms with van der Waals surface area (Å²) in [5.74, 6) is 1.12. The average molecular weight is 217 g/mol. The Hall–Kier alpha value is -1.88. The lowest BCUT2D eigenvalue weighted by Gasteiger charge is -2.17. The van der Waals surface area contributed by atoms with Crippen LogP contribution in [0.2, 0.25) is 0 Å². The molecule has 0 saturated carbocycles. The summed E-state index contributed by atoms with van der Waals surface area (Å²) in [5, 5.41) is 0. The molecule has 0 aromatic carbocycles. The van der Waals surface area contributed by atoms with Gasteiger partial charge in [-0.25, -0.2) is 9.97 Å². The minimum Gasteiger partial charge on any atom is -0.472 e. The van der Waals surface area contributed by atoms with Crippen LogP contribution in [0, 0.1) is 0 Å². The van der Waals surface area contributed by atoms with Crippen molar-refractivity contribution in [2.75, 3.05) is 12.3 Å². The van der Waals surface area contributed by atoms with Crippen molar-refractivity contribution < 1.29 is 9.15 Å². The van der Waals surface area contributed by atoms with Gasteiger partial charge in [0, 0.05) is 12.0 Å². The van der Waals surface area contributed by atoms with Crippen LogP contribution in [0.4, 0.5) is 5.82 Å². The first-order chi connectivity index (χ1) is 7.84. The summed E-state index contributed by atoms with van der Waals surface area (Å²) in [5.41, 5.74) is 8.63. The highest BCUT2D eigenvalue weighted by molar-refractivity contribution is 5.57. The Bertz CT molecular complexity index is 508. The Morgan fingerprint density at radius 1 is 1.31 bits per heavy atom. The molecule has 16 heavy (non-hydrogen) atoms. The van der Waals surface area contributed by atoms with Crippen LogP contribution in [0.1, 0.15) is 11.3 Å². The lowest BCUT2D eigenvalue weighted by atomic mass is 10.1. The highest BCUT2D eigenvalue weighted by Crippen LogP contribution is 2.24. The van der Waals surface area contributed by atoms with Crippen LogP contribution in [0.3, 0.4) is 0 Å². The average Bonchev–Trinajstić information content (AvgIpc) is 2.82. The van der Waals surface area contributed by atoms with Crippen molar-refractivity contribution in [3.05, 3.63) is 29.9 Å². The zero-order chi connectivity index (χ0) is 11.0. The van der Waals surface area contributed by atoms with E-state index in [9.17, 15) is 0 Å². The summed E-state index contributed by atoms with van der Waals surface area (Å²) in [6.07, 6.45) is 3.99. The quantitative estimate of drug-likeness (QED) is 0.781. The van der Waals surface area contributed by atoms with Crippen molar-refractivity contribution in [3.63, 3.8) is 0 Å². The van der Waals surface area contributed by atoms with E-state index in [1.54, 1.807) is 12.5 Å². The summed E-state index contributed by atoms with van der Waals surface area (Å²) < 4.78 is 10.3. The normalized spacial score (nSPS) is 14.8. The summed E-state index contributed by atoms with van der Waals surface area (Å²) in [4.78, 5) is 8.74. The van der Waals surface area contributed by atoms with Gasteiger partial charge in [0.15, 0.2) is 5.82 Å². The molecule has 0 radical (unpaired) electrons. The first kappa shape index (κ1) is 9.35.